The molecule has 0 radical (unpaired) electrons. The highest BCUT2D eigenvalue weighted by Crippen LogP contribution is 2.21. The van der Waals surface area contributed by atoms with Gasteiger partial charge in [0.05, 0.1) is 0 Å². The van der Waals surface area contributed by atoms with Crippen molar-refractivity contribution in [3.8, 4) is 11.5 Å². The molecule has 0 saturated carbocycles. The highest BCUT2D eigenvalue weighted by atomic mass is 16.5. The summed E-state index contributed by atoms with van der Waals surface area (Å²) < 4.78 is 5.28. The molecule has 21 heavy (non-hydrogen) atoms. The number of nitrogens with zero attached hydrogens (tertiary/aromatic N) is 2. The van der Waals surface area contributed by atoms with Crippen molar-refractivity contribution in [2.24, 2.45) is 0 Å². The second-order valence-electron chi connectivity index (χ2n) is 4.89. The molecule has 2 N–H and O–H groups in total. The van der Waals surface area contributed by atoms with Gasteiger partial charge in [0.15, 0.2) is 5.82 Å². The van der Waals surface area contributed by atoms with Crippen LogP contribution in [-0.4, -0.2) is 29.1 Å². The number of carbonyl (C=O) groups is 1. The zero-order valence-electron chi connectivity index (χ0n) is 12.5. The van der Waals surface area contributed by atoms with E-state index in [1.54, 1.807) is 0 Å². The second-order valence-corrected chi connectivity index (χ2v) is 4.89. The first-order valence-electron chi connectivity index (χ1n) is 7.02. The van der Waals surface area contributed by atoms with Crippen LogP contribution in [0.1, 0.15) is 26.1 Å². The number of benzene rings is 1. The average Bonchev–Trinajstić information content (AvgIpc) is 2.95. The van der Waals surface area contributed by atoms with Gasteiger partial charge < -0.3 is 15.2 Å². The summed E-state index contributed by atoms with van der Waals surface area (Å²) in [5, 5.41) is 9.92. The lowest BCUT2D eigenvalue weighted by Gasteiger charge is -2.05. The minimum absolute atomic E-state index is 0.0267. The molecular formula is C15H20N4O2. The Hall–Kier alpha value is -2.21. The Bertz CT molecular complexity index is 609. The maximum atomic E-state index is 11.4. The lowest BCUT2D eigenvalue weighted by Crippen LogP contribution is -2.24. The fraction of sp³-hybridized carbons (Fsp3) is 0.400. The number of hydrogen-bond acceptors (Lipinski definition) is 5. The minimum atomic E-state index is -0.0267. The molecule has 1 amide bonds. The third-order valence-corrected chi connectivity index (χ3v) is 3.16. The lowest BCUT2D eigenvalue weighted by molar-refractivity contribution is -0.115. The van der Waals surface area contributed by atoms with Gasteiger partial charge in [-0.1, -0.05) is 18.1 Å². The van der Waals surface area contributed by atoms with Crippen LogP contribution < -0.4 is 10.6 Å². The second kappa shape index (κ2) is 6.99. The zero-order valence-corrected chi connectivity index (χ0v) is 12.5. The quantitative estimate of drug-likeness (QED) is 0.852. The maximum absolute atomic E-state index is 11.4. The van der Waals surface area contributed by atoms with E-state index < -0.39 is 0 Å². The van der Waals surface area contributed by atoms with Gasteiger partial charge in [-0.3, -0.25) is 4.79 Å². The number of aromatic nitrogens is 2. The molecule has 1 atom stereocenters. The molecule has 2 rings (SSSR count). The van der Waals surface area contributed by atoms with E-state index in [1.807, 2.05) is 38.2 Å². The molecule has 1 heterocycles. The van der Waals surface area contributed by atoms with Crippen molar-refractivity contribution in [2.45, 2.75) is 32.7 Å². The highest BCUT2D eigenvalue weighted by molar-refractivity contribution is 5.91. The standard InChI is InChI=1S/C15H20N4O2/c1-4-14(20)17-12-7-5-6-11(9-12)15-18-13(19-21-15)8-10(2)16-3/h5-7,9-10,16H,4,8H2,1-3H3,(H,17,20). The summed E-state index contributed by atoms with van der Waals surface area (Å²) in [6, 6.07) is 7.66. The Morgan fingerprint density at radius 3 is 2.95 bits per heavy atom. The monoisotopic (exact) mass is 288 g/mol. The van der Waals surface area contributed by atoms with Crippen LogP contribution >= 0.6 is 0 Å². The van der Waals surface area contributed by atoms with Crippen molar-refractivity contribution in [1.82, 2.24) is 15.5 Å². The SMILES string of the molecule is CCC(=O)Nc1cccc(-c2nc(CC(C)NC)no2)c1. The van der Waals surface area contributed by atoms with Gasteiger partial charge in [-0.05, 0) is 32.2 Å². The molecule has 6 heteroatoms. The number of hydrogen-bond donors (Lipinski definition) is 2. The van der Waals surface area contributed by atoms with E-state index in [1.165, 1.54) is 0 Å². The van der Waals surface area contributed by atoms with Gasteiger partial charge in [-0.25, -0.2) is 0 Å². The fourth-order valence-electron chi connectivity index (χ4n) is 1.81. The number of anilines is 1. The van der Waals surface area contributed by atoms with E-state index >= 15 is 0 Å². The van der Waals surface area contributed by atoms with E-state index in [0.717, 1.165) is 11.3 Å². The summed E-state index contributed by atoms with van der Waals surface area (Å²) in [6.07, 6.45) is 1.14. The minimum Gasteiger partial charge on any atom is -0.334 e. The first-order valence-corrected chi connectivity index (χ1v) is 7.02. The van der Waals surface area contributed by atoms with E-state index in [2.05, 4.69) is 27.7 Å². The van der Waals surface area contributed by atoms with Gasteiger partial charge in [0.2, 0.25) is 5.91 Å². The molecule has 1 aromatic heterocycles. The van der Waals surface area contributed by atoms with Gasteiger partial charge in [0, 0.05) is 30.1 Å². The van der Waals surface area contributed by atoms with Crippen LogP contribution in [0.5, 0.6) is 0 Å². The van der Waals surface area contributed by atoms with Crippen LogP contribution in [0, 0.1) is 0 Å². The van der Waals surface area contributed by atoms with Crippen molar-refractivity contribution in [3.05, 3.63) is 30.1 Å². The summed E-state index contributed by atoms with van der Waals surface area (Å²) in [6.45, 7) is 3.86. The Labute approximate surface area is 123 Å². The molecule has 0 spiro atoms. The van der Waals surface area contributed by atoms with Crippen LogP contribution in [0.25, 0.3) is 11.5 Å². The fourth-order valence-corrected chi connectivity index (χ4v) is 1.81. The molecule has 2 aromatic rings. The first-order chi connectivity index (χ1) is 10.1. The first kappa shape index (κ1) is 15.2. The van der Waals surface area contributed by atoms with Crippen LogP contribution in [0.15, 0.2) is 28.8 Å². The third kappa shape index (κ3) is 4.13. The van der Waals surface area contributed by atoms with E-state index in [0.29, 0.717) is 24.6 Å². The molecule has 6 nitrogen and oxygen atoms in total. The molecule has 0 bridgehead atoms. The molecule has 0 aliphatic carbocycles. The number of likely N-dealkylation sites (N-methyl/N-ethyl adjacent to an activating group) is 1. The van der Waals surface area contributed by atoms with Gasteiger partial charge >= 0.3 is 0 Å². The summed E-state index contributed by atoms with van der Waals surface area (Å²) in [5.74, 6) is 1.09. The lowest BCUT2D eigenvalue weighted by atomic mass is 10.2. The Balaban J connectivity index is 2.14. The Morgan fingerprint density at radius 1 is 1.43 bits per heavy atom. The molecule has 1 unspecified atom stereocenters. The van der Waals surface area contributed by atoms with Crippen LogP contribution in [0.4, 0.5) is 5.69 Å². The normalized spacial score (nSPS) is 12.1. The van der Waals surface area contributed by atoms with Gasteiger partial charge in [0.25, 0.3) is 5.89 Å². The van der Waals surface area contributed by atoms with Crippen molar-refractivity contribution in [2.75, 3.05) is 12.4 Å². The number of amides is 1. The topological polar surface area (TPSA) is 80.0 Å². The molecule has 0 aliphatic rings. The summed E-state index contributed by atoms with van der Waals surface area (Å²) >= 11 is 0. The molecule has 1 aromatic carbocycles. The summed E-state index contributed by atoms with van der Waals surface area (Å²) in [4.78, 5) is 15.8. The van der Waals surface area contributed by atoms with Gasteiger partial charge in [0.1, 0.15) is 0 Å². The maximum Gasteiger partial charge on any atom is 0.257 e. The van der Waals surface area contributed by atoms with Crippen molar-refractivity contribution < 1.29 is 9.32 Å². The number of nitrogens with one attached hydrogen (secondary N) is 2. The molecule has 0 aliphatic heterocycles. The highest BCUT2D eigenvalue weighted by Gasteiger charge is 2.11. The van der Waals surface area contributed by atoms with Crippen LogP contribution in [0.3, 0.4) is 0 Å². The average molecular weight is 288 g/mol. The number of carbonyl (C=O) groups excluding carboxylic acids is 1. The molecule has 0 fully saturated rings. The van der Waals surface area contributed by atoms with Crippen molar-refractivity contribution in [3.63, 3.8) is 0 Å². The van der Waals surface area contributed by atoms with Crippen LogP contribution in [0.2, 0.25) is 0 Å². The van der Waals surface area contributed by atoms with Crippen LogP contribution in [-0.2, 0) is 11.2 Å². The van der Waals surface area contributed by atoms with E-state index in [-0.39, 0.29) is 11.9 Å². The summed E-state index contributed by atoms with van der Waals surface area (Å²) in [7, 11) is 1.89. The molecule has 112 valence electrons. The third-order valence-electron chi connectivity index (χ3n) is 3.16. The Morgan fingerprint density at radius 2 is 2.24 bits per heavy atom. The smallest absolute Gasteiger partial charge is 0.257 e. The molecule has 0 saturated heterocycles. The molecular weight excluding hydrogens is 268 g/mol. The summed E-state index contributed by atoms with van der Waals surface area (Å²) in [5.41, 5.74) is 1.52. The van der Waals surface area contributed by atoms with E-state index in [4.69, 9.17) is 4.52 Å². The predicted octanol–water partition coefficient (Wildman–Crippen LogP) is 2.24. The van der Waals surface area contributed by atoms with Gasteiger partial charge in [-0.15, -0.1) is 0 Å². The van der Waals surface area contributed by atoms with Crippen molar-refractivity contribution >= 4 is 11.6 Å². The van der Waals surface area contributed by atoms with Gasteiger partial charge in [-0.2, -0.15) is 4.98 Å². The van der Waals surface area contributed by atoms with E-state index in [9.17, 15) is 4.79 Å². The van der Waals surface area contributed by atoms with Crippen molar-refractivity contribution in [1.29, 1.82) is 0 Å². The predicted molar refractivity (Wildman–Crippen MR) is 80.9 cm³/mol. The Kier molecular flexibility index (Phi) is 5.05. The number of rotatable bonds is 6. The largest absolute Gasteiger partial charge is 0.334 e. The zero-order chi connectivity index (χ0) is 15.2.